The van der Waals surface area contributed by atoms with Crippen LogP contribution >= 0.6 is 0 Å². The summed E-state index contributed by atoms with van der Waals surface area (Å²) in [6.07, 6.45) is 1.65. The molecular weight excluding hydrogens is 244 g/mol. The van der Waals surface area contributed by atoms with Gasteiger partial charge in [-0.3, -0.25) is 14.6 Å². The smallest absolute Gasteiger partial charge is 0.267 e. The van der Waals surface area contributed by atoms with E-state index in [1.165, 1.54) is 11.0 Å². The van der Waals surface area contributed by atoms with E-state index < -0.39 is 0 Å². The van der Waals surface area contributed by atoms with Gasteiger partial charge in [-0.2, -0.15) is 5.10 Å². The molecule has 0 aromatic carbocycles. The quantitative estimate of drug-likeness (QED) is 0.799. The maximum Gasteiger partial charge on any atom is 0.267 e. The Balaban J connectivity index is 2.35. The summed E-state index contributed by atoms with van der Waals surface area (Å²) >= 11 is 0. The molecule has 0 bridgehead atoms. The molecule has 1 amide bonds. The summed E-state index contributed by atoms with van der Waals surface area (Å²) in [6, 6.07) is 8.42. The highest BCUT2D eigenvalue weighted by Gasteiger charge is 2.09. The van der Waals surface area contributed by atoms with Crippen LogP contribution in [-0.4, -0.2) is 39.7 Å². The molecule has 0 aliphatic rings. The molecule has 2 aromatic heterocycles. The van der Waals surface area contributed by atoms with E-state index >= 15 is 0 Å². The molecule has 19 heavy (non-hydrogen) atoms. The topological polar surface area (TPSA) is 68.1 Å². The summed E-state index contributed by atoms with van der Waals surface area (Å²) in [5.41, 5.74) is 0.912. The van der Waals surface area contributed by atoms with Crippen molar-refractivity contribution >= 4 is 5.91 Å². The number of amides is 1. The number of hydrogen-bond donors (Lipinski definition) is 0. The molecule has 0 saturated carbocycles. The highest BCUT2D eigenvalue weighted by molar-refractivity contribution is 5.75. The van der Waals surface area contributed by atoms with Crippen LogP contribution in [-0.2, 0) is 11.3 Å². The van der Waals surface area contributed by atoms with Crippen molar-refractivity contribution in [2.24, 2.45) is 0 Å². The summed E-state index contributed by atoms with van der Waals surface area (Å²) in [6.45, 7) is -0.0769. The molecule has 98 valence electrons. The van der Waals surface area contributed by atoms with Gasteiger partial charge in [-0.25, -0.2) is 4.68 Å². The standard InChI is InChI=1S/C13H14N4O2/c1-16(2)13(19)9-17-12(18)7-6-11(15-17)10-5-3-4-8-14-10/h3-8H,9H2,1-2H3. The third kappa shape index (κ3) is 3.04. The maximum absolute atomic E-state index is 11.7. The van der Waals surface area contributed by atoms with Crippen molar-refractivity contribution in [3.05, 3.63) is 46.9 Å². The predicted octanol–water partition coefficient (Wildman–Crippen LogP) is 0.393. The fourth-order valence-corrected chi connectivity index (χ4v) is 1.48. The van der Waals surface area contributed by atoms with E-state index in [9.17, 15) is 9.59 Å². The summed E-state index contributed by atoms with van der Waals surface area (Å²) in [4.78, 5) is 28.9. The lowest BCUT2D eigenvalue weighted by Crippen LogP contribution is -2.32. The Bertz CT molecular complexity index is 635. The van der Waals surface area contributed by atoms with E-state index in [2.05, 4.69) is 10.1 Å². The van der Waals surface area contributed by atoms with Crippen molar-refractivity contribution in [1.29, 1.82) is 0 Å². The van der Waals surface area contributed by atoms with Crippen LogP contribution in [0.2, 0.25) is 0 Å². The highest BCUT2D eigenvalue weighted by Crippen LogP contribution is 2.10. The molecule has 0 fully saturated rings. The Kier molecular flexibility index (Phi) is 3.70. The number of rotatable bonds is 3. The van der Waals surface area contributed by atoms with Gasteiger partial charge >= 0.3 is 0 Å². The highest BCUT2D eigenvalue weighted by atomic mass is 16.2. The third-order valence-electron chi connectivity index (χ3n) is 2.58. The first-order valence-electron chi connectivity index (χ1n) is 5.77. The monoisotopic (exact) mass is 258 g/mol. The van der Waals surface area contributed by atoms with Crippen LogP contribution in [0.15, 0.2) is 41.3 Å². The van der Waals surface area contributed by atoms with E-state index in [0.717, 1.165) is 4.68 Å². The minimum Gasteiger partial charge on any atom is -0.347 e. The Morgan fingerprint density at radius 1 is 1.21 bits per heavy atom. The minimum absolute atomic E-state index is 0.0769. The molecule has 0 N–H and O–H groups in total. The fourth-order valence-electron chi connectivity index (χ4n) is 1.48. The number of nitrogens with zero attached hydrogens (tertiary/aromatic N) is 4. The van der Waals surface area contributed by atoms with E-state index in [4.69, 9.17) is 0 Å². The second-order valence-corrected chi connectivity index (χ2v) is 4.22. The zero-order valence-electron chi connectivity index (χ0n) is 10.8. The van der Waals surface area contributed by atoms with Gasteiger partial charge in [-0.1, -0.05) is 6.07 Å². The van der Waals surface area contributed by atoms with Gasteiger partial charge in [0.1, 0.15) is 12.2 Å². The van der Waals surface area contributed by atoms with Gasteiger partial charge in [-0.15, -0.1) is 0 Å². The van der Waals surface area contributed by atoms with Crippen LogP contribution in [0.5, 0.6) is 0 Å². The van der Waals surface area contributed by atoms with Gasteiger partial charge in [-0.05, 0) is 18.2 Å². The predicted molar refractivity (Wildman–Crippen MR) is 70.4 cm³/mol. The van der Waals surface area contributed by atoms with Crippen molar-refractivity contribution in [2.75, 3.05) is 14.1 Å². The van der Waals surface area contributed by atoms with Crippen LogP contribution in [0.25, 0.3) is 11.4 Å². The van der Waals surface area contributed by atoms with Gasteiger partial charge in [0.2, 0.25) is 5.91 Å². The number of carbonyl (C=O) groups is 1. The Labute approximate surface area is 110 Å². The van der Waals surface area contributed by atoms with Crippen molar-refractivity contribution in [3.63, 3.8) is 0 Å². The van der Waals surface area contributed by atoms with E-state index in [0.29, 0.717) is 11.4 Å². The van der Waals surface area contributed by atoms with Crippen LogP contribution in [0.1, 0.15) is 0 Å². The minimum atomic E-state index is -0.310. The molecule has 0 radical (unpaired) electrons. The van der Waals surface area contributed by atoms with Crippen LogP contribution in [0.4, 0.5) is 0 Å². The largest absolute Gasteiger partial charge is 0.347 e. The summed E-state index contributed by atoms with van der Waals surface area (Å²) in [7, 11) is 3.27. The zero-order valence-corrected chi connectivity index (χ0v) is 10.8. The van der Waals surface area contributed by atoms with Gasteiger partial charge in [0.15, 0.2) is 0 Å². The van der Waals surface area contributed by atoms with E-state index in [-0.39, 0.29) is 18.0 Å². The first kappa shape index (κ1) is 12.9. The van der Waals surface area contributed by atoms with Gasteiger partial charge in [0, 0.05) is 26.4 Å². The molecule has 0 aliphatic heterocycles. The van der Waals surface area contributed by atoms with Gasteiger partial charge < -0.3 is 4.90 Å². The SMILES string of the molecule is CN(C)C(=O)Cn1nc(-c2ccccn2)ccc1=O. The molecule has 6 heteroatoms. The first-order chi connectivity index (χ1) is 9.08. The zero-order chi connectivity index (χ0) is 13.8. The molecule has 0 atom stereocenters. The number of hydrogen-bond acceptors (Lipinski definition) is 4. The number of aromatic nitrogens is 3. The lowest BCUT2D eigenvalue weighted by molar-refractivity contribution is -0.129. The van der Waals surface area contributed by atoms with Crippen LogP contribution in [0, 0.1) is 0 Å². The van der Waals surface area contributed by atoms with Gasteiger partial charge in [0.05, 0.1) is 5.69 Å². The molecule has 2 rings (SSSR count). The molecule has 0 unspecified atom stereocenters. The summed E-state index contributed by atoms with van der Waals surface area (Å²) < 4.78 is 1.15. The van der Waals surface area contributed by atoms with E-state index in [1.54, 1.807) is 38.5 Å². The molecule has 2 aromatic rings. The average Bonchev–Trinajstić information content (AvgIpc) is 2.42. The van der Waals surface area contributed by atoms with Gasteiger partial charge in [0.25, 0.3) is 5.56 Å². The Morgan fingerprint density at radius 2 is 2.00 bits per heavy atom. The maximum atomic E-state index is 11.7. The normalized spacial score (nSPS) is 10.2. The first-order valence-corrected chi connectivity index (χ1v) is 5.77. The molecule has 0 aliphatic carbocycles. The average molecular weight is 258 g/mol. The van der Waals surface area contributed by atoms with Crippen molar-refractivity contribution in [2.45, 2.75) is 6.54 Å². The summed E-state index contributed by atoms with van der Waals surface area (Å²) in [5.74, 6) is -0.187. The molecule has 2 heterocycles. The van der Waals surface area contributed by atoms with Crippen molar-refractivity contribution in [3.8, 4) is 11.4 Å². The van der Waals surface area contributed by atoms with Crippen LogP contribution in [0.3, 0.4) is 0 Å². The Hall–Kier alpha value is -2.50. The Morgan fingerprint density at radius 3 is 2.63 bits per heavy atom. The van der Waals surface area contributed by atoms with Crippen molar-refractivity contribution < 1.29 is 4.79 Å². The lowest BCUT2D eigenvalue weighted by Gasteiger charge is -2.11. The molecular formula is C13H14N4O2. The summed E-state index contributed by atoms with van der Waals surface area (Å²) in [5, 5.41) is 4.16. The van der Waals surface area contributed by atoms with Crippen molar-refractivity contribution in [1.82, 2.24) is 19.7 Å². The fraction of sp³-hybridized carbons (Fsp3) is 0.231. The number of carbonyl (C=O) groups excluding carboxylic acids is 1. The third-order valence-corrected chi connectivity index (χ3v) is 2.58. The van der Waals surface area contributed by atoms with E-state index in [1.807, 2.05) is 6.07 Å². The number of pyridine rings is 1. The second-order valence-electron chi connectivity index (χ2n) is 4.22. The molecule has 0 saturated heterocycles. The molecule has 6 nitrogen and oxygen atoms in total. The number of likely N-dealkylation sites (N-methyl/N-ethyl adjacent to an activating group) is 1. The van der Waals surface area contributed by atoms with Crippen LogP contribution < -0.4 is 5.56 Å². The second kappa shape index (κ2) is 5.43. The molecule has 0 spiro atoms. The lowest BCUT2D eigenvalue weighted by atomic mass is 10.2.